The normalized spacial score (nSPS) is 18.5. The van der Waals surface area contributed by atoms with Crippen molar-refractivity contribution in [3.8, 4) is 5.75 Å². The zero-order valence-electron chi connectivity index (χ0n) is 12.5. The van der Waals surface area contributed by atoms with Gasteiger partial charge in [0.15, 0.2) is 0 Å². The number of piperazine rings is 1. The number of nitrogens with one attached hydrogen (secondary N) is 1. The Bertz CT molecular complexity index is 570. The molecule has 1 aliphatic rings. The number of benzene rings is 2. The van der Waals surface area contributed by atoms with Crippen LogP contribution in [0.25, 0.3) is 0 Å². The van der Waals surface area contributed by atoms with E-state index in [1.807, 2.05) is 13.0 Å². The van der Waals surface area contributed by atoms with E-state index in [0.717, 1.165) is 25.4 Å². The van der Waals surface area contributed by atoms with Gasteiger partial charge in [0.2, 0.25) is 0 Å². The molecule has 1 N–H and O–H groups in total. The van der Waals surface area contributed by atoms with Crippen molar-refractivity contribution < 1.29 is 4.74 Å². The van der Waals surface area contributed by atoms with Crippen LogP contribution in [0.4, 0.5) is 5.69 Å². The molecule has 1 unspecified atom stereocenters. The van der Waals surface area contributed by atoms with Crippen molar-refractivity contribution in [3.05, 3.63) is 60.2 Å². The standard InChI is InChI=1S/C18H22N2O/c1-2-21-18-11-7-6-10-17(18)20-13-12-19-16(14-20)15-8-4-3-5-9-15/h3-11,16,19H,2,12-14H2,1H3. The summed E-state index contributed by atoms with van der Waals surface area (Å²) in [6, 6.07) is 19.3. The molecular formula is C18H22N2O. The van der Waals surface area contributed by atoms with Crippen LogP contribution < -0.4 is 15.0 Å². The average Bonchev–Trinajstić information content (AvgIpc) is 2.57. The van der Waals surface area contributed by atoms with Gasteiger partial charge in [0.1, 0.15) is 5.75 Å². The minimum atomic E-state index is 0.370. The van der Waals surface area contributed by atoms with Gasteiger partial charge in [0.05, 0.1) is 12.3 Å². The molecule has 1 fully saturated rings. The zero-order valence-corrected chi connectivity index (χ0v) is 12.5. The Morgan fingerprint density at radius 1 is 1.10 bits per heavy atom. The van der Waals surface area contributed by atoms with E-state index in [2.05, 4.69) is 58.7 Å². The quantitative estimate of drug-likeness (QED) is 0.931. The number of ether oxygens (including phenoxy) is 1. The van der Waals surface area contributed by atoms with Crippen molar-refractivity contribution >= 4 is 5.69 Å². The fourth-order valence-electron chi connectivity index (χ4n) is 2.87. The fraction of sp³-hybridized carbons (Fsp3) is 0.333. The van der Waals surface area contributed by atoms with Gasteiger partial charge in [-0.15, -0.1) is 0 Å². The summed E-state index contributed by atoms with van der Waals surface area (Å²) in [5.41, 5.74) is 2.54. The van der Waals surface area contributed by atoms with Gasteiger partial charge in [-0.3, -0.25) is 0 Å². The highest BCUT2D eigenvalue weighted by Gasteiger charge is 2.22. The summed E-state index contributed by atoms with van der Waals surface area (Å²) in [5.74, 6) is 0.980. The predicted octanol–water partition coefficient (Wildman–Crippen LogP) is 3.24. The van der Waals surface area contributed by atoms with Gasteiger partial charge in [0.25, 0.3) is 0 Å². The van der Waals surface area contributed by atoms with Gasteiger partial charge in [-0.2, -0.15) is 0 Å². The molecule has 1 saturated heterocycles. The van der Waals surface area contributed by atoms with Crippen LogP contribution in [0.15, 0.2) is 54.6 Å². The van der Waals surface area contributed by atoms with E-state index < -0.39 is 0 Å². The molecule has 0 spiro atoms. The first kappa shape index (κ1) is 14.0. The van der Waals surface area contributed by atoms with Crippen LogP contribution in [0, 0.1) is 0 Å². The summed E-state index contributed by atoms with van der Waals surface area (Å²) in [4.78, 5) is 2.42. The van der Waals surface area contributed by atoms with Crippen LogP contribution in [0.3, 0.4) is 0 Å². The zero-order chi connectivity index (χ0) is 14.5. The topological polar surface area (TPSA) is 24.5 Å². The number of rotatable bonds is 4. The Morgan fingerprint density at radius 3 is 2.67 bits per heavy atom. The maximum atomic E-state index is 5.77. The Labute approximate surface area is 126 Å². The maximum Gasteiger partial charge on any atom is 0.142 e. The lowest BCUT2D eigenvalue weighted by Crippen LogP contribution is -2.46. The molecule has 110 valence electrons. The molecule has 2 aromatic carbocycles. The Kier molecular flexibility index (Phi) is 4.41. The average molecular weight is 282 g/mol. The Morgan fingerprint density at radius 2 is 1.86 bits per heavy atom. The highest BCUT2D eigenvalue weighted by atomic mass is 16.5. The number of nitrogens with zero attached hydrogens (tertiary/aromatic N) is 1. The highest BCUT2D eigenvalue weighted by Crippen LogP contribution is 2.30. The summed E-state index contributed by atoms with van der Waals surface area (Å²) in [7, 11) is 0. The third-order valence-electron chi connectivity index (χ3n) is 3.88. The van der Waals surface area contributed by atoms with Crippen molar-refractivity contribution in [1.29, 1.82) is 0 Å². The van der Waals surface area contributed by atoms with E-state index in [-0.39, 0.29) is 0 Å². The first-order valence-corrected chi connectivity index (χ1v) is 7.63. The van der Waals surface area contributed by atoms with Crippen LogP contribution in [0.1, 0.15) is 18.5 Å². The van der Waals surface area contributed by atoms with Crippen molar-refractivity contribution in [2.75, 3.05) is 31.1 Å². The van der Waals surface area contributed by atoms with E-state index in [1.165, 1.54) is 11.3 Å². The lowest BCUT2D eigenvalue weighted by atomic mass is 10.0. The molecule has 0 amide bonds. The SMILES string of the molecule is CCOc1ccccc1N1CCNC(c2ccccc2)C1. The van der Waals surface area contributed by atoms with Crippen LogP contribution in [-0.4, -0.2) is 26.2 Å². The van der Waals surface area contributed by atoms with E-state index in [0.29, 0.717) is 12.6 Å². The molecule has 3 rings (SSSR count). The van der Waals surface area contributed by atoms with E-state index in [4.69, 9.17) is 4.74 Å². The molecular weight excluding hydrogens is 260 g/mol. The molecule has 1 heterocycles. The van der Waals surface area contributed by atoms with Gasteiger partial charge in [-0.25, -0.2) is 0 Å². The minimum absolute atomic E-state index is 0.370. The largest absolute Gasteiger partial charge is 0.492 e. The molecule has 0 saturated carbocycles. The minimum Gasteiger partial charge on any atom is -0.492 e. The van der Waals surface area contributed by atoms with Crippen molar-refractivity contribution in [2.45, 2.75) is 13.0 Å². The number of para-hydroxylation sites is 2. The predicted molar refractivity (Wildman–Crippen MR) is 87.0 cm³/mol. The second kappa shape index (κ2) is 6.64. The molecule has 3 nitrogen and oxygen atoms in total. The molecule has 0 bridgehead atoms. The summed E-state index contributed by atoms with van der Waals surface area (Å²) in [5, 5.41) is 3.60. The molecule has 1 atom stereocenters. The lowest BCUT2D eigenvalue weighted by molar-refractivity contribution is 0.339. The summed E-state index contributed by atoms with van der Waals surface area (Å²) < 4.78 is 5.77. The number of anilines is 1. The summed E-state index contributed by atoms with van der Waals surface area (Å²) in [6.07, 6.45) is 0. The Hall–Kier alpha value is -2.00. The monoisotopic (exact) mass is 282 g/mol. The number of hydrogen-bond donors (Lipinski definition) is 1. The van der Waals surface area contributed by atoms with E-state index in [9.17, 15) is 0 Å². The molecule has 0 aliphatic carbocycles. The highest BCUT2D eigenvalue weighted by molar-refractivity contribution is 5.59. The second-order valence-electron chi connectivity index (χ2n) is 5.26. The first-order valence-electron chi connectivity index (χ1n) is 7.63. The first-order chi connectivity index (χ1) is 10.4. The maximum absolute atomic E-state index is 5.77. The number of hydrogen-bond acceptors (Lipinski definition) is 3. The van der Waals surface area contributed by atoms with Crippen LogP contribution in [0.5, 0.6) is 5.75 Å². The van der Waals surface area contributed by atoms with Crippen LogP contribution in [0.2, 0.25) is 0 Å². The molecule has 3 heteroatoms. The van der Waals surface area contributed by atoms with Gasteiger partial charge in [0, 0.05) is 25.7 Å². The second-order valence-corrected chi connectivity index (χ2v) is 5.26. The Balaban J connectivity index is 1.80. The summed E-state index contributed by atoms with van der Waals surface area (Å²) in [6.45, 7) is 5.69. The third-order valence-corrected chi connectivity index (χ3v) is 3.88. The molecule has 1 aliphatic heterocycles. The van der Waals surface area contributed by atoms with Crippen molar-refractivity contribution in [2.24, 2.45) is 0 Å². The van der Waals surface area contributed by atoms with Gasteiger partial charge in [-0.1, -0.05) is 42.5 Å². The molecule has 0 radical (unpaired) electrons. The van der Waals surface area contributed by atoms with Gasteiger partial charge in [-0.05, 0) is 24.6 Å². The van der Waals surface area contributed by atoms with Gasteiger partial charge < -0.3 is 15.0 Å². The van der Waals surface area contributed by atoms with E-state index in [1.54, 1.807) is 0 Å². The van der Waals surface area contributed by atoms with Crippen LogP contribution >= 0.6 is 0 Å². The molecule has 0 aromatic heterocycles. The fourth-order valence-corrected chi connectivity index (χ4v) is 2.87. The lowest BCUT2D eigenvalue weighted by Gasteiger charge is -2.36. The van der Waals surface area contributed by atoms with Gasteiger partial charge >= 0.3 is 0 Å². The third kappa shape index (κ3) is 3.19. The summed E-state index contributed by atoms with van der Waals surface area (Å²) >= 11 is 0. The van der Waals surface area contributed by atoms with E-state index >= 15 is 0 Å². The smallest absolute Gasteiger partial charge is 0.142 e. The molecule has 2 aromatic rings. The van der Waals surface area contributed by atoms with Crippen molar-refractivity contribution in [1.82, 2.24) is 5.32 Å². The van der Waals surface area contributed by atoms with Crippen LogP contribution in [-0.2, 0) is 0 Å². The van der Waals surface area contributed by atoms with Crippen molar-refractivity contribution in [3.63, 3.8) is 0 Å². The molecule has 21 heavy (non-hydrogen) atoms.